The highest BCUT2D eigenvalue weighted by atomic mass is 35.5. The fourth-order valence-corrected chi connectivity index (χ4v) is 2.61. The highest BCUT2D eigenvalue weighted by molar-refractivity contribution is 6.13. The average molecular weight is 380 g/mol. The van der Waals surface area contributed by atoms with Crippen LogP contribution in [-0.4, -0.2) is 24.8 Å². The van der Waals surface area contributed by atoms with Crippen molar-refractivity contribution in [1.29, 1.82) is 0 Å². The summed E-state index contributed by atoms with van der Waals surface area (Å²) >= 11 is 5.59. The van der Waals surface area contributed by atoms with Gasteiger partial charge >= 0.3 is 0 Å². The van der Waals surface area contributed by atoms with Crippen molar-refractivity contribution >= 4 is 17.5 Å². The number of hydrogen-bond donors (Lipinski definition) is 4. The van der Waals surface area contributed by atoms with E-state index in [0.29, 0.717) is 6.54 Å². The van der Waals surface area contributed by atoms with E-state index >= 15 is 0 Å². The molecule has 0 saturated heterocycles. The van der Waals surface area contributed by atoms with Gasteiger partial charge in [-0.3, -0.25) is 0 Å². The van der Waals surface area contributed by atoms with Crippen LogP contribution in [0.5, 0.6) is 0 Å². The van der Waals surface area contributed by atoms with Gasteiger partial charge in [0.25, 0.3) is 0 Å². The van der Waals surface area contributed by atoms with Gasteiger partial charge in [0.1, 0.15) is 0 Å². The van der Waals surface area contributed by atoms with Gasteiger partial charge in [-0.2, -0.15) is 0 Å². The zero-order chi connectivity index (χ0) is 19.8. The van der Waals surface area contributed by atoms with Crippen molar-refractivity contribution in [3.63, 3.8) is 0 Å². The molecule has 0 aliphatic heterocycles. The summed E-state index contributed by atoms with van der Waals surface area (Å²) in [5, 5.41) is 7.00. The SMILES string of the molecule is CC(C)Cc1ccc(N)cc1.CO.NCCC(Cc1ccccc1)NCl. The summed E-state index contributed by atoms with van der Waals surface area (Å²) in [6.07, 6.45) is 2.97. The van der Waals surface area contributed by atoms with Crippen molar-refractivity contribution in [3.05, 3.63) is 65.7 Å². The van der Waals surface area contributed by atoms with E-state index in [-0.39, 0.29) is 6.04 Å². The molecular weight excluding hydrogens is 346 g/mol. The minimum atomic E-state index is 0.272. The second kappa shape index (κ2) is 15.6. The van der Waals surface area contributed by atoms with Gasteiger partial charge in [-0.15, -0.1) is 0 Å². The molecular formula is C21H34ClN3O. The lowest BCUT2D eigenvalue weighted by Crippen LogP contribution is -2.26. The lowest BCUT2D eigenvalue weighted by molar-refractivity contribution is 0.399. The number of anilines is 1. The standard InChI is InChI=1S/C10H15ClN2.C10H15N.CH4O/c11-13-10(6-7-12)8-9-4-2-1-3-5-9;1-8(2)7-9-3-5-10(11)6-4-9;1-2/h1-5,10,13H,6-8,12H2;3-6,8H,7,11H2,1-2H3;2H,1H3. The van der Waals surface area contributed by atoms with Crippen molar-refractivity contribution in [2.75, 3.05) is 19.4 Å². The Labute approximate surface area is 163 Å². The normalized spacial score (nSPS) is 11.0. The molecule has 2 aromatic rings. The van der Waals surface area contributed by atoms with Gasteiger partial charge < -0.3 is 16.6 Å². The molecule has 4 nitrogen and oxygen atoms in total. The second-order valence-electron chi connectivity index (χ2n) is 6.41. The summed E-state index contributed by atoms with van der Waals surface area (Å²) < 4.78 is 0. The van der Waals surface area contributed by atoms with E-state index in [1.165, 1.54) is 11.1 Å². The molecule has 0 fully saturated rings. The van der Waals surface area contributed by atoms with E-state index in [1.807, 2.05) is 30.3 Å². The Balaban J connectivity index is 0.000000444. The number of halogens is 1. The largest absolute Gasteiger partial charge is 0.400 e. The lowest BCUT2D eigenvalue weighted by atomic mass is 10.0. The van der Waals surface area contributed by atoms with Gasteiger partial charge in [-0.1, -0.05) is 56.3 Å². The molecule has 0 saturated carbocycles. The summed E-state index contributed by atoms with van der Waals surface area (Å²) in [5.41, 5.74) is 14.5. The molecule has 146 valence electrons. The number of rotatable bonds is 7. The Kier molecular flexibility index (Phi) is 14.7. The summed E-state index contributed by atoms with van der Waals surface area (Å²) in [6.45, 7) is 5.10. The fraction of sp³-hybridized carbons (Fsp3) is 0.429. The Morgan fingerprint density at radius 2 is 1.46 bits per heavy atom. The summed E-state index contributed by atoms with van der Waals surface area (Å²) in [4.78, 5) is 2.74. The summed E-state index contributed by atoms with van der Waals surface area (Å²) in [7, 11) is 1.00. The molecule has 0 radical (unpaired) electrons. The van der Waals surface area contributed by atoms with Crippen LogP contribution in [-0.2, 0) is 12.8 Å². The average Bonchev–Trinajstić information content (AvgIpc) is 2.66. The number of nitrogens with one attached hydrogen (secondary N) is 1. The van der Waals surface area contributed by atoms with Crippen LogP contribution < -0.4 is 16.3 Å². The van der Waals surface area contributed by atoms with E-state index < -0.39 is 0 Å². The zero-order valence-electron chi connectivity index (χ0n) is 16.2. The number of nitrogen functional groups attached to an aromatic ring is 1. The van der Waals surface area contributed by atoms with Crippen LogP contribution >= 0.6 is 11.8 Å². The molecule has 0 spiro atoms. The predicted molar refractivity (Wildman–Crippen MR) is 114 cm³/mol. The first-order valence-corrected chi connectivity index (χ1v) is 9.32. The Hall–Kier alpha value is -1.59. The van der Waals surface area contributed by atoms with E-state index in [1.54, 1.807) is 0 Å². The smallest absolute Gasteiger partial charge is 0.0319 e. The first kappa shape index (κ1) is 24.4. The first-order chi connectivity index (χ1) is 12.5. The highest BCUT2D eigenvalue weighted by Gasteiger charge is 2.06. The number of benzene rings is 2. The molecule has 2 rings (SSSR count). The van der Waals surface area contributed by atoms with Crippen molar-refractivity contribution in [1.82, 2.24) is 4.84 Å². The predicted octanol–water partition coefficient (Wildman–Crippen LogP) is 3.77. The van der Waals surface area contributed by atoms with Crippen LogP contribution in [0.25, 0.3) is 0 Å². The monoisotopic (exact) mass is 379 g/mol. The molecule has 2 aromatic carbocycles. The molecule has 1 unspecified atom stereocenters. The third kappa shape index (κ3) is 11.9. The van der Waals surface area contributed by atoms with Crippen molar-refractivity contribution < 1.29 is 5.11 Å². The second-order valence-corrected chi connectivity index (χ2v) is 6.63. The molecule has 6 N–H and O–H groups in total. The highest BCUT2D eigenvalue weighted by Crippen LogP contribution is 2.10. The zero-order valence-corrected chi connectivity index (χ0v) is 16.9. The third-order valence-electron chi connectivity index (χ3n) is 3.62. The van der Waals surface area contributed by atoms with E-state index in [9.17, 15) is 0 Å². The van der Waals surface area contributed by atoms with Gasteiger partial charge in [0, 0.05) is 18.8 Å². The van der Waals surface area contributed by atoms with E-state index in [0.717, 1.165) is 38.0 Å². The molecule has 0 aromatic heterocycles. The van der Waals surface area contributed by atoms with E-state index in [4.69, 9.17) is 28.4 Å². The molecule has 5 heteroatoms. The first-order valence-electron chi connectivity index (χ1n) is 8.94. The van der Waals surface area contributed by atoms with Crippen LogP contribution in [0, 0.1) is 5.92 Å². The fourth-order valence-electron chi connectivity index (χ4n) is 2.42. The van der Waals surface area contributed by atoms with Crippen LogP contribution in [0.3, 0.4) is 0 Å². The maximum atomic E-state index is 7.00. The van der Waals surface area contributed by atoms with Gasteiger partial charge in [0.05, 0.1) is 0 Å². The topological polar surface area (TPSA) is 84.3 Å². The summed E-state index contributed by atoms with van der Waals surface area (Å²) in [6, 6.07) is 18.6. The van der Waals surface area contributed by atoms with E-state index in [2.05, 4.69) is 42.9 Å². The van der Waals surface area contributed by atoms with Crippen LogP contribution in [0.1, 0.15) is 31.4 Å². The number of aliphatic hydroxyl groups is 1. The van der Waals surface area contributed by atoms with Gasteiger partial charge in [0.2, 0.25) is 0 Å². The van der Waals surface area contributed by atoms with Crippen molar-refractivity contribution in [3.8, 4) is 0 Å². The molecule has 26 heavy (non-hydrogen) atoms. The summed E-state index contributed by atoms with van der Waals surface area (Å²) in [5.74, 6) is 0.721. The number of nitrogens with two attached hydrogens (primary N) is 2. The Bertz CT molecular complexity index is 547. The Morgan fingerprint density at radius 3 is 1.92 bits per heavy atom. The molecule has 0 aliphatic rings. The molecule has 0 aliphatic carbocycles. The molecule has 0 bridgehead atoms. The molecule has 0 amide bonds. The Morgan fingerprint density at radius 1 is 0.923 bits per heavy atom. The van der Waals surface area contributed by atoms with Crippen molar-refractivity contribution in [2.45, 2.75) is 39.2 Å². The number of hydrogen-bond acceptors (Lipinski definition) is 4. The maximum Gasteiger partial charge on any atom is 0.0319 e. The number of aliphatic hydroxyl groups excluding tert-OH is 1. The van der Waals surface area contributed by atoms with Gasteiger partial charge in [0.15, 0.2) is 0 Å². The van der Waals surface area contributed by atoms with Gasteiger partial charge in [-0.25, -0.2) is 4.84 Å². The van der Waals surface area contributed by atoms with Crippen LogP contribution in [0.4, 0.5) is 5.69 Å². The minimum Gasteiger partial charge on any atom is -0.400 e. The van der Waals surface area contributed by atoms with Crippen LogP contribution in [0.2, 0.25) is 0 Å². The maximum absolute atomic E-state index is 7.00. The lowest BCUT2D eigenvalue weighted by Gasteiger charge is -2.12. The quantitative estimate of drug-likeness (QED) is 0.436. The van der Waals surface area contributed by atoms with Gasteiger partial charge in [-0.05, 0) is 66.8 Å². The molecule has 1 atom stereocenters. The van der Waals surface area contributed by atoms with Crippen LogP contribution in [0.15, 0.2) is 54.6 Å². The third-order valence-corrected chi connectivity index (χ3v) is 3.93. The minimum absolute atomic E-state index is 0.272. The van der Waals surface area contributed by atoms with Crippen molar-refractivity contribution in [2.24, 2.45) is 11.7 Å². The molecule has 0 heterocycles.